The van der Waals surface area contributed by atoms with Gasteiger partial charge in [-0.1, -0.05) is 48.5 Å². The molecular weight excluding hydrogens is 829 g/mol. The van der Waals surface area contributed by atoms with Crippen molar-refractivity contribution in [3.8, 4) is 12.1 Å². The highest BCUT2D eigenvalue weighted by Gasteiger charge is 2.22. The number of nitrogens with zero attached hydrogens (tertiary/aromatic N) is 8. The third-order valence-electron chi connectivity index (χ3n) is 9.29. The Labute approximate surface area is 372 Å². The maximum atomic E-state index is 11.9. The number of rotatable bonds is 13. The summed E-state index contributed by atoms with van der Waals surface area (Å²) in [7, 11) is 0. The number of nitrogens with one attached hydrogen (secondary N) is 3. The lowest BCUT2D eigenvalue weighted by Gasteiger charge is -2.19. The second kappa shape index (κ2) is 20.4. The van der Waals surface area contributed by atoms with Gasteiger partial charge < -0.3 is 21.1 Å². The highest BCUT2D eigenvalue weighted by atomic mass is 32.1. The molecule has 316 valence electrons. The number of amides is 1. The number of ether oxygens (including phenoxy) is 1. The SMILES string of the molecule is CC(C)(C)OC(=O)Nc1ccc(CCNc2nccc(C(C#N)c3nc4ccccc4s3)n2)cc1.N#CC(c1ccnc(NCCc2ccc(N)cc2)n1)c1nc2ccccc2s1. The second-order valence-electron chi connectivity index (χ2n) is 15.2. The summed E-state index contributed by atoms with van der Waals surface area (Å²) in [6.07, 6.45) is 4.41. The van der Waals surface area contributed by atoms with Crippen LogP contribution < -0.4 is 21.7 Å². The number of nitrogens with two attached hydrogens (primary N) is 1. The van der Waals surface area contributed by atoms with Crippen molar-refractivity contribution < 1.29 is 9.53 Å². The van der Waals surface area contributed by atoms with E-state index in [1.54, 1.807) is 24.5 Å². The number of para-hydroxylation sites is 2. The average molecular weight is 873 g/mol. The summed E-state index contributed by atoms with van der Waals surface area (Å²) in [6, 6.07) is 39.3. The third kappa shape index (κ3) is 12.1. The van der Waals surface area contributed by atoms with Gasteiger partial charge in [-0.05, 0) is 105 Å². The van der Waals surface area contributed by atoms with Crippen LogP contribution in [0.4, 0.5) is 28.1 Å². The molecule has 0 aliphatic carbocycles. The number of hydrogen-bond acceptors (Lipinski definition) is 15. The Kier molecular flexibility index (Phi) is 14.1. The van der Waals surface area contributed by atoms with Gasteiger partial charge >= 0.3 is 6.09 Å². The molecule has 0 saturated heterocycles. The summed E-state index contributed by atoms with van der Waals surface area (Å²) in [5.74, 6) is -0.0969. The summed E-state index contributed by atoms with van der Waals surface area (Å²) >= 11 is 3.03. The summed E-state index contributed by atoms with van der Waals surface area (Å²) in [6.45, 7) is 6.77. The third-order valence-corrected chi connectivity index (χ3v) is 11.5. The van der Waals surface area contributed by atoms with E-state index in [1.807, 2.05) is 118 Å². The van der Waals surface area contributed by atoms with Gasteiger partial charge in [0.1, 0.15) is 27.5 Å². The van der Waals surface area contributed by atoms with Crippen molar-refractivity contribution in [2.75, 3.05) is 34.8 Å². The fraction of sp³-hybridized carbons (Fsp3) is 0.213. The first-order valence-electron chi connectivity index (χ1n) is 20.1. The van der Waals surface area contributed by atoms with Crippen LogP contribution in [0.25, 0.3) is 20.4 Å². The number of carbonyl (C=O) groups is 1. The topological polar surface area (TPSA) is 213 Å². The van der Waals surface area contributed by atoms with E-state index in [2.05, 4.69) is 58.0 Å². The maximum Gasteiger partial charge on any atom is 0.412 e. The predicted octanol–water partition coefficient (Wildman–Crippen LogP) is 9.72. The molecule has 5 N–H and O–H groups in total. The Morgan fingerprint density at radius 1 is 0.667 bits per heavy atom. The molecule has 16 heteroatoms. The van der Waals surface area contributed by atoms with E-state index in [9.17, 15) is 15.3 Å². The highest BCUT2D eigenvalue weighted by Crippen LogP contribution is 2.32. The van der Waals surface area contributed by atoms with Crippen molar-refractivity contribution in [3.05, 3.63) is 154 Å². The quantitative estimate of drug-likeness (QED) is 0.0795. The molecule has 0 spiro atoms. The van der Waals surface area contributed by atoms with Gasteiger partial charge in [-0.25, -0.2) is 34.7 Å². The van der Waals surface area contributed by atoms with Crippen molar-refractivity contribution in [1.29, 1.82) is 10.5 Å². The van der Waals surface area contributed by atoms with Gasteiger partial charge in [0.2, 0.25) is 11.9 Å². The Morgan fingerprint density at radius 2 is 1.13 bits per heavy atom. The van der Waals surface area contributed by atoms with Crippen molar-refractivity contribution in [2.24, 2.45) is 0 Å². The molecule has 1 amide bonds. The number of nitriles is 2. The van der Waals surface area contributed by atoms with Crippen molar-refractivity contribution in [2.45, 2.75) is 51.0 Å². The first-order valence-corrected chi connectivity index (χ1v) is 21.7. The van der Waals surface area contributed by atoms with Crippen LogP contribution in [0.3, 0.4) is 0 Å². The zero-order valence-corrected chi connectivity index (χ0v) is 36.5. The molecule has 0 aliphatic heterocycles. The van der Waals surface area contributed by atoms with Crippen LogP contribution in [0, 0.1) is 22.7 Å². The Morgan fingerprint density at radius 3 is 1.57 bits per heavy atom. The minimum Gasteiger partial charge on any atom is -0.444 e. The van der Waals surface area contributed by atoms with Gasteiger partial charge in [-0.3, -0.25) is 5.32 Å². The zero-order chi connectivity index (χ0) is 44.2. The number of hydrogen-bond donors (Lipinski definition) is 4. The van der Waals surface area contributed by atoms with Crippen LogP contribution in [-0.4, -0.2) is 54.7 Å². The van der Waals surface area contributed by atoms with Gasteiger partial charge in [-0.15, -0.1) is 22.7 Å². The second-order valence-corrected chi connectivity index (χ2v) is 17.3. The van der Waals surface area contributed by atoms with Gasteiger partial charge in [0, 0.05) is 36.9 Å². The molecule has 0 aliphatic rings. The largest absolute Gasteiger partial charge is 0.444 e. The molecule has 4 aromatic carbocycles. The lowest BCUT2D eigenvalue weighted by Crippen LogP contribution is -2.27. The van der Waals surface area contributed by atoms with Gasteiger partial charge in [0.15, 0.2) is 0 Å². The number of aromatic nitrogens is 6. The van der Waals surface area contributed by atoms with Gasteiger partial charge in [-0.2, -0.15) is 10.5 Å². The fourth-order valence-corrected chi connectivity index (χ4v) is 8.31. The maximum absolute atomic E-state index is 11.9. The highest BCUT2D eigenvalue weighted by molar-refractivity contribution is 7.19. The molecule has 8 aromatic rings. The van der Waals surface area contributed by atoms with Crippen LogP contribution in [0.15, 0.2) is 122 Å². The number of nitrogen functional groups attached to an aromatic ring is 1. The average Bonchev–Trinajstić information content (AvgIpc) is 3.90. The molecule has 0 saturated carbocycles. The standard InChI is InChI=1S/C26H26N6O2S.C21H18N6S/c1-26(2,3)34-25(33)30-18-10-8-17(9-11-18)12-14-28-24-29-15-13-20(32-24)19(16-27)23-31-21-6-4-5-7-22(21)35-23;22-13-16(20-26-18-3-1-2-4-19(18)28-20)17-10-12-25-21(27-17)24-11-9-14-5-7-15(23)8-6-14/h4-11,13,15,19H,12,14H2,1-3H3,(H,30,33)(H,28,29,32);1-8,10,12,16H,9,11,23H2,(H,24,25,27). The zero-order valence-electron chi connectivity index (χ0n) is 34.8. The molecule has 4 heterocycles. The van der Waals surface area contributed by atoms with Crippen LogP contribution in [0.2, 0.25) is 0 Å². The summed E-state index contributed by atoms with van der Waals surface area (Å²) < 4.78 is 7.37. The monoisotopic (exact) mass is 872 g/mol. The van der Waals surface area contributed by atoms with Crippen molar-refractivity contribution in [1.82, 2.24) is 29.9 Å². The molecule has 0 radical (unpaired) electrons. The molecule has 14 nitrogen and oxygen atoms in total. The van der Waals surface area contributed by atoms with Crippen molar-refractivity contribution >= 4 is 72.5 Å². The van der Waals surface area contributed by atoms with E-state index in [-0.39, 0.29) is 0 Å². The van der Waals surface area contributed by atoms with E-state index in [4.69, 9.17) is 10.5 Å². The van der Waals surface area contributed by atoms with Crippen molar-refractivity contribution in [3.63, 3.8) is 0 Å². The van der Waals surface area contributed by atoms with Gasteiger partial charge in [0.05, 0.1) is 44.0 Å². The molecule has 63 heavy (non-hydrogen) atoms. The minimum absolute atomic E-state index is 0.465. The molecular formula is C47H44N12O2S2. The number of thiazole rings is 2. The summed E-state index contributed by atoms with van der Waals surface area (Å²) in [4.78, 5) is 38.8. The van der Waals surface area contributed by atoms with E-state index in [0.717, 1.165) is 54.5 Å². The summed E-state index contributed by atoms with van der Waals surface area (Å²) in [5, 5.41) is 30.2. The summed E-state index contributed by atoms with van der Waals surface area (Å²) in [5.41, 5.74) is 11.9. The van der Waals surface area contributed by atoms with Gasteiger partial charge in [0.25, 0.3) is 0 Å². The van der Waals surface area contributed by atoms with E-state index in [1.165, 1.54) is 28.2 Å². The van der Waals surface area contributed by atoms with Crippen LogP contribution in [0.5, 0.6) is 0 Å². The number of anilines is 4. The minimum atomic E-state index is -0.555. The van der Waals surface area contributed by atoms with Crippen LogP contribution in [-0.2, 0) is 17.6 Å². The smallest absolute Gasteiger partial charge is 0.412 e. The predicted molar refractivity (Wildman–Crippen MR) is 250 cm³/mol. The van der Waals surface area contributed by atoms with E-state index < -0.39 is 23.5 Å². The fourth-order valence-electron chi connectivity index (χ4n) is 6.26. The number of carbonyl (C=O) groups excluding carboxylic acids is 1. The lowest BCUT2D eigenvalue weighted by molar-refractivity contribution is 0.0636. The van der Waals surface area contributed by atoms with E-state index >= 15 is 0 Å². The first-order chi connectivity index (χ1) is 30.5. The van der Waals surface area contributed by atoms with E-state index in [0.29, 0.717) is 42.1 Å². The Hall–Kier alpha value is -7.53. The molecule has 4 aromatic heterocycles. The normalized spacial score (nSPS) is 12.0. The number of benzene rings is 4. The molecule has 8 rings (SSSR count). The van der Waals surface area contributed by atoms with Crippen LogP contribution in [0.1, 0.15) is 65.1 Å². The Bertz CT molecular complexity index is 2810. The Balaban J connectivity index is 0.000000193. The molecule has 0 bridgehead atoms. The first kappa shape index (κ1) is 43.6. The number of fused-ring (bicyclic) bond motifs is 2. The van der Waals surface area contributed by atoms with Crippen LogP contribution >= 0.6 is 22.7 Å². The molecule has 2 atom stereocenters. The lowest BCUT2D eigenvalue weighted by atomic mass is 10.1. The molecule has 0 fully saturated rings. The molecule has 2 unspecified atom stereocenters.